The van der Waals surface area contributed by atoms with E-state index in [0.29, 0.717) is 0 Å². The molecule has 1 saturated heterocycles. The van der Waals surface area contributed by atoms with Crippen LogP contribution < -0.4 is 10.6 Å². The first-order valence-electron chi connectivity index (χ1n) is 5.56. The van der Waals surface area contributed by atoms with E-state index in [1.54, 1.807) is 11.8 Å². The van der Waals surface area contributed by atoms with Crippen LogP contribution in [-0.2, 0) is 4.79 Å². The Morgan fingerprint density at radius 2 is 2.35 bits per heavy atom. The second-order valence-corrected chi connectivity index (χ2v) is 5.77. The standard InChI is InChI=1S/C12H16N2OS2/c1-16-11-5-3-2-4-9(11)14-12(15)10-8-17-7-6-13-10/h2-5,10,13H,6-8H2,1H3,(H,14,15). The number of para-hydroxylation sites is 1. The molecule has 2 N–H and O–H groups in total. The Balaban J connectivity index is 2.01. The van der Waals surface area contributed by atoms with Crippen LogP contribution >= 0.6 is 23.5 Å². The van der Waals surface area contributed by atoms with Crippen LogP contribution in [0.4, 0.5) is 5.69 Å². The highest BCUT2D eigenvalue weighted by Gasteiger charge is 2.21. The molecule has 92 valence electrons. The Hall–Kier alpha value is -0.650. The molecule has 1 aromatic rings. The Bertz CT molecular complexity index is 392. The van der Waals surface area contributed by atoms with Crippen molar-refractivity contribution in [2.24, 2.45) is 0 Å². The van der Waals surface area contributed by atoms with E-state index in [1.807, 2.05) is 42.3 Å². The molecule has 0 aromatic heterocycles. The lowest BCUT2D eigenvalue weighted by Crippen LogP contribution is -2.46. The van der Waals surface area contributed by atoms with Gasteiger partial charge in [-0.25, -0.2) is 0 Å². The van der Waals surface area contributed by atoms with Gasteiger partial charge in [0, 0.05) is 22.9 Å². The Morgan fingerprint density at radius 1 is 1.53 bits per heavy atom. The average Bonchev–Trinajstić information content (AvgIpc) is 2.40. The Labute approximate surface area is 110 Å². The first-order chi connectivity index (χ1) is 8.31. The number of carbonyl (C=O) groups excluding carboxylic acids is 1. The van der Waals surface area contributed by atoms with Crippen LogP contribution in [0.5, 0.6) is 0 Å². The first kappa shape index (κ1) is 12.8. The lowest BCUT2D eigenvalue weighted by molar-refractivity contribution is -0.117. The van der Waals surface area contributed by atoms with E-state index in [0.717, 1.165) is 28.6 Å². The predicted molar refractivity (Wildman–Crippen MR) is 76.0 cm³/mol. The summed E-state index contributed by atoms with van der Waals surface area (Å²) in [7, 11) is 0. The fourth-order valence-corrected chi connectivity index (χ4v) is 3.19. The number of amides is 1. The van der Waals surface area contributed by atoms with Gasteiger partial charge in [0.25, 0.3) is 0 Å². The maximum atomic E-state index is 12.0. The molecule has 5 heteroatoms. The second-order valence-electron chi connectivity index (χ2n) is 3.77. The molecule has 1 aliphatic rings. The molecule has 1 heterocycles. The van der Waals surface area contributed by atoms with Crippen molar-refractivity contribution in [1.29, 1.82) is 0 Å². The highest BCUT2D eigenvalue weighted by Crippen LogP contribution is 2.24. The molecule has 0 aliphatic carbocycles. The maximum Gasteiger partial charge on any atom is 0.242 e. The van der Waals surface area contributed by atoms with Gasteiger partial charge < -0.3 is 10.6 Å². The van der Waals surface area contributed by atoms with Gasteiger partial charge in [-0.05, 0) is 18.4 Å². The molecule has 2 rings (SSSR count). The third-order valence-corrected chi connectivity index (χ3v) is 4.46. The largest absolute Gasteiger partial charge is 0.324 e. The van der Waals surface area contributed by atoms with Crippen LogP contribution in [0.25, 0.3) is 0 Å². The number of thioether (sulfide) groups is 2. The Morgan fingerprint density at radius 3 is 3.06 bits per heavy atom. The van der Waals surface area contributed by atoms with Crippen molar-refractivity contribution in [3.8, 4) is 0 Å². The van der Waals surface area contributed by atoms with Crippen molar-refractivity contribution in [3.63, 3.8) is 0 Å². The van der Waals surface area contributed by atoms with Gasteiger partial charge >= 0.3 is 0 Å². The van der Waals surface area contributed by atoms with Gasteiger partial charge in [0.1, 0.15) is 0 Å². The zero-order chi connectivity index (χ0) is 12.1. The van der Waals surface area contributed by atoms with Gasteiger partial charge in [0.15, 0.2) is 0 Å². The summed E-state index contributed by atoms with van der Waals surface area (Å²) in [4.78, 5) is 13.1. The molecule has 0 spiro atoms. The summed E-state index contributed by atoms with van der Waals surface area (Å²) in [5, 5.41) is 6.23. The van der Waals surface area contributed by atoms with E-state index in [2.05, 4.69) is 10.6 Å². The SMILES string of the molecule is CSc1ccccc1NC(=O)C1CSCCN1. The highest BCUT2D eigenvalue weighted by molar-refractivity contribution is 7.99. The van der Waals surface area contributed by atoms with Crippen LogP contribution in [0, 0.1) is 0 Å². The van der Waals surface area contributed by atoms with Crippen LogP contribution in [0.2, 0.25) is 0 Å². The average molecular weight is 268 g/mol. The number of anilines is 1. The highest BCUT2D eigenvalue weighted by atomic mass is 32.2. The van der Waals surface area contributed by atoms with E-state index < -0.39 is 0 Å². The molecule has 1 fully saturated rings. The number of carbonyl (C=O) groups is 1. The van der Waals surface area contributed by atoms with Gasteiger partial charge in [0.05, 0.1) is 11.7 Å². The van der Waals surface area contributed by atoms with Gasteiger partial charge in [-0.3, -0.25) is 4.79 Å². The summed E-state index contributed by atoms with van der Waals surface area (Å²) in [5.41, 5.74) is 0.905. The van der Waals surface area contributed by atoms with Crippen molar-refractivity contribution in [2.75, 3.05) is 29.6 Å². The molecule has 0 saturated carbocycles. The zero-order valence-corrected chi connectivity index (χ0v) is 11.4. The molecule has 1 aliphatic heterocycles. The molecule has 1 atom stereocenters. The molecule has 3 nitrogen and oxygen atoms in total. The third kappa shape index (κ3) is 3.40. The van der Waals surface area contributed by atoms with Crippen molar-refractivity contribution in [3.05, 3.63) is 24.3 Å². The fourth-order valence-electron chi connectivity index (χ4n) is 1.70. The summed E-state index contributed by atoms with van der Waals surface area (Å²) < 4.78 is 0. The summed E-state index contributed by atoms with van der Waals surface area (Å²) in [5.74, 6) is 2.01. The number of hydrogen-bond acceptors (Lipinski definition) is 4. The van der Waals surface area contributed by atoms with E-state index in [-0.39, 0.29) is 11.9 Å². The minimum absolute atomic E-state index is 0.0661. The molecule has 1 unspecified atom stereocenters. The smallest absolute Gasteiger partial charge is 0.242 e. The molecule has 0 bridgehead atoms. The summed E-state index contributed by atoms with van der Waals surface area (Å²) >= 11 is 3.47. The van der Waals surface area contributed by atoms with Crippen molar-refractivity contribution >= 4 is 35.1 Å². The third-order valence-electron chi connectivity index (χ3n) is 2.60. The minimum Gasteiger partial charge on any atom is -0.324 e. The first-order valence-corrected chi connectivity index (χ1v) is 7.94. The minimum atomic E-state index is -0.0661. The second kappa shape index (κ2) is 6.33. The monoisotopic (exact) mass is 268 g/mol. The summed E-state index contributed by atoms with van der Waals surface area (Å²) in [6.45, 7) is 0.910. The molecule has 17 heavy (non-hydrogen) atoms. The summed E-state index contributed by atoms with van der Waals surface area (Å²) in [6.07, 6.45) is 2.01. The van der Waals surface area contributed by atoms with Crippen molar-refractivity contribution < 1.29 is 4.79 Å². The number of nitrogens with one attached hydrogen (secondary N) is 2. The normalized spacial score (nSPS) is 19.9. The van der Waals surface area contributed by atoms with Crippen LogP contribution in [0.1, 0.15) is 0 Å². The van der Waals surface area contributed by atoms with Crippen molar-refractivity contribution in [2.45, 2.75) is 10.9 Å². The van der Waals surface area contributed by atoms with E-state index in [1.165, 1.54) is 0 Å². The number of benzene rings is 1. The molecular weight excluding hydrogens is 252 g/mol. The van der Waals surface area contributed by atoms with Gasteiger partial charge in [-0.2, -0.15) is 11.8 Å². The molecular formula is C12H16N2OS2. The fraction of sp³-hybridized carbons (Fsp3) is 0.417. The van der Waals surface area contributed by atoms with Crippen molar-refractivity contribution in [1.82, 2.24) is 5.32 Å². The topological polar surface area (TPSA) is 41.1 Å². The lowest BCUT2D eigenvalue weighted by atomic mass is 10.2. The van der Waals surface area contributed by atoms with Crippen LogP contribution in [0.15, 0.2) is 29.2 Å². The van der Waals surface area contributed by atoms with E-state index in [4.69, 9.17) is 0 Å². The predicted octanol–water partition coefficient (Wildman–Crippen LogP) is 2.05. The summed E-state index contributed by atoms with van der Waals surface area (Å²) in [6, 6.07) is 7.82. The zero-order valence-electron chi connectivity index (χ0n) is 9.73. The maximum absolute atomic E-state index is 12.0. The van der Waals surface area contributed by atoms with Crippen LogP contribution in [0.3, 0.4) is 0 Å². The molecule has 0 radical (unpaired) electrons. The lowest BCUT2D eigenvalue weighted by Gasteiger charge is -2.22. The van der Waals surface area contributed by atoms with Crippen LogP contribution in [-0.4, -0.2) is 36.3 Å². The van der Waals surface area contributed by atoms with E-state index in [9.17, 15) is 4.79 Å². The van der Waals surface area contributed by atoms with Gasteiger partial charge in [-0.1, -0.05) is 12.1 Å². The van der Waals surface area contributed by atoms with Gasteiger partial charge in [0.2, 0.25) is 5.91 Å². The van der Waals surface area contributed by atoms with Gasteiger partial charge in [-0.15, -0.1) is 11.8 Å². The molecule has 1 amide bonds. The quantitative estimate of drug-likeness (QED) is 0.823. The number of hydrogen-bond donors (Lipinski definition) is 2. The van der Waals surface area contributed by atoms with E-state index >= 15 is 0 Å². The Kier molecular flexibility index (Phi) is 4.76. The number of rotatable bonds is 3. The molecule has 1 aromatic carbocycles.